The van der Waals surface area contributed by atoms with Gasteiger partial charge in [0.15, 0.2) is 0 Å². The van der Waals surface area contributed by atoms with Crippen molar-refractivity contribution < 1.29 is 4.74 Å². The molecule has 0 radical (unpaired) electrons. The van der Waals surface area contributed by atoms with E-state index in [4.69, 9.17) is 10.00 Å². The number of hydrogen-bond donors (Lipinski definition) is 0. The maximum Gasteiger partial charge on any atom is 0.0992 e. The lowest BCUT2D eigenvalue weighted by atomic mass is 10.1. The second kappa shape index (κ2) is 5.70. The van der Waals surface area contributed by atoms with Crippen LogP contribution in [0, 0.1) is 11.3 Å². The van der Waals surface area contributed by atoms with Crippen molar-refractivity contribution in [2.75, 3.05) is 25.1 Å². The maximum atomic E-state index is 8.87. The summed E-state index contributed by atoms with van der Waals surface area (Å²) in [7, 11) is 2.05. The molecule has 2 rings (SSSR count). The van der Waals surface area contributed by atoms with Crippen LogP contribution >= 0.6 is 0 Å². The van der Waals surface area contributed by atoms with Gasteiger partial charge in [0, 0.05) is 25.9 Å². The van der Waals surface area contributed by atoms with E-state index in [-0.39, 0.29) is 0 Å². The third kappa shape index (κ3) is 3.21. The lowest BCUT2D eigenvalue weighted by Gasteiger charge is -2.28. The first kappa shape index (κ1) is 11.9. The summed E-state index contributed by atoms with van der Waals surface area (Å²) in [6.07, 6.45) is 3.92. The summed E-state index contributed by atoms with van der Waals surface area (Å²) >= 11 is 0. The Hall–Kier alpha value is -1.53. The van der Waals surface area contributed by atoms with Gasteiger partial charge in [-0.25, -0.2) is 0 Å². The molecule has 1 heterocycles. The first-order valence-corrected chi connectivity index (χ1v) is 6.12. The van der Waals surface area contributed by atoms with Crippen molar-refractivity contribution in [3.05, 3.63) is 29.8 Å². The van der Waals surface area contributed by atoms with Gasteiger partial charge in [-0.15, -0.1) is 0 Å². The van der Waals surface area contributed by atoms with Gasteiger partial charge in [0.05, 0.1) is 17.7 Å². The predicted molar refractivity (Wildman–Crippen MR) is 68.0 cm³/mol. The van der Waals surface area contributed by atoms with Gasteiger partial charge in [0.1, 0.15) is 0 Å². The highest BCUT2D eigenvalue weighted by Gasteiger charge is 2.16. The van der Waals surface area contributed by atoms with Crippen molar-refractivity contribution in [1.29, 1.82) is 5.26 Å². The Morgan fingerprint density at radius 1 is 1.47 bits per heavy atom. The highest BCUT2D eigenvalue weighted by molar-refractivity contribution is 5.50. The minimum Gasteiger partial charge on any atom is -0.376 e. The Morgan fingerprint density at radius 2 is 2.35 bits per heavy atom. The summed E-state index contributed by atoms with van der Waals surface area (Å²) in [5.74, 6) is 0. The van der Waals surface area contributed by atoms with Gasteiger partial charge >= 0.3 is 0 Å². The van der Waals surface area contributed by atoms with E-state index in [1.807, 2.05) is 24.3 Å². The van der Waals surface area contributed by atoms with E-state index < -0.39 is 0 Å². The molecule has 1 aliphatic rings. The molecular formula is C14H18N2O. The molecule has 1 fully saturated rings. The molecule has 1 aromatic carbocycles. The van der Waals surface area contributed by atoms with E-state index >= 15 is 0 Å². The molecule has 0 spiro atoms. The average Bonchev–Trinajstić information content (AvgIpc) is 2.40. The molecule has 0 N–H and O–H groups in total. The summed E-state index contributed by atoms with van der Waals surface area (Å²) in [6.45, 7) is 1.78. The zero-order chi connectivity index (χ0) is 12.1. The fraction of sp³-hybridized carbons (Fsp3) is 0.500. The van der Waals surface area contributed by atoms with Crippen LogP contribution in [0.5, 0.6) is 0 Å². The van der Waals surface area contributed by atoms with Crippen molar-refractivity contribution >= 4 is 5.69 Å². The minimum atomic E-state index is 0.333. The highest BCUT2D eigenvalue weighted by atomic mass is 16.5. The normalized spacial score (nSPS) is 19.6. The summed E-state index contributed by atoms with van der Waals surface area (Å²) in [6, 6.07) is 9.87. The highest BCUT2D eigenvalue weighted by Crippen LogP contribution is 2.18. The van der Waals surface area contributed by atoms with Gasteiger partial charge in [-0.2, -0.15) is 5.26 Å². The minimum absolute atomic E-state index is 0.333. The Morgan fingerprint density at radius 3 is 3.06 bits per heavy atom. The van der Waals surface area contributed by atoms with Crippen LogP contribution in [0.3, 0.4) is 0 Å². The Balaban J connectivity index is 1.98. The number of ether oxygens (including phenoxy) is 1. The molecular weight excluding hydrogens is 212 g/mol. The number of nitriles is 1. The fourth-order valence-corrected chi connectivity index (χ4v) is 2.18. The van der Waals surface area contributed by atoms with Crippen molar-refractivity contribution in [1.82, 2.24) is 0 Å². The fourth-order valence-electron chi connectivity index (χ4n) is 2.18. The molecule has 1 aromatic rings. The number of likely N-dealkylation sites (N-methyl/N-ethyl adjacent to an activating group) is 1. The summed E-state index contributed by atoms with van der Waals surface area (Å²) in [4.78, 5) is 2.16. The topological polar surface area (TPSA) is 36.3 Å². The molecule has 1 unspecified atom stereocenters. The molecule has 1 aliphatic heterocycles. The molecule has 1 saturated heterocycles. The standard InChI is InChI=1S/C14H18N2O/c1-16(11-14-7-2-3-8-17-14)13-6-4-5-12(9-13)10-15/h4-6,9,14H,2-3,7-8,11H2,1H3. The maximum absolute atomic E-state index is 8.87. The van der Waals surface area contributed by atoms with Gasteiger partial charge in [0.2, 0.25) is 0 Å². The third-order valence-corrected chi connectivity index (χ3v) is 3.17. The second-order valence-electron chi connectivity index (χ2n) is 4.53. The first-order chi connectivity index (χ1) is 8.29. The Kier molecular flexibility index (Phi) is 4.00. The number of rotatable bonds is 3. The van der Waals surface area contributed by atoms with Gasteiger partial charge in [-0.1, -0.05) is 6.07 Å². The van der Waals surface area contributed by atoms with Crippen LogP contribution in [0.1, 0.15) is 24.8 Å². The lowest BCUT2D eigenvalue weighted by molar-refractivity contribution is 0.0216. The van der Waals surface area contributed by atoms with Crippen LogP contribution in [0.15, 0.2) is 24.3 Å². The van der Waals surface area contributed by atoms with E-state index in [0.29, 0.717) is 11.7 Å². The van der Waals surface area contributed by atoms with Crippen LogP contribution in [0.25, 0.3) is 0 Å². The predicted octanol–water partition coefficient (Wildman–Crippen LogP) is 2.56. The van der Waals surface area contributed by atoms with Crippen LogP contribution in [-0.4, -0.2) is 26.3 Å². The average molecular weight is 230 g/mol. The van der Waals surface area contributed by atoms with Crippen molar-refractivity contribution in [2.45, 2.75) is 25.4 Å². The van der Waals surface area contributed by atoms with Crippen molar-refractivity contribution in [3.8, 4) is 6.07 Å². The molecule has 3 nitrogen and oxygen atoms in total. The van der Waals surface area contributed by atoms with Gasteiger partial charge in [-0.05, 0) is 37.5 Å². The smallest absolute Gasteiger partial charge is 0.0992 e. The SMILES string of the molecule is CN(CC1CCCCO1)c1cccc(C#N)c1. The molecule has 1 atom stereocenters. The molecule has 90 valence electrons. The molecule has 17 heavy (non-hydrogen) atoms. The van der Waals surface area contributed by atoms with Crippen molar-refractivity contribution in [3.63, 3.8) is 0 Å². The summed E-state index contributed by atoms with van der Waals surface area (Å²) in [5.41, 5.74) is 1.79. The van der Waals surface area contributed by atoms with E-state index in [0.717, 1.165) is 25.3 Å². The van der Waals surface area contributed by atoms with Crippen molar-refractivity contribution in [2.24, 2.45) is 0 Å². The zero-order valence-electron chi connectivity index (χ0n) is 10.2. The molecule has 0 bridgehead atoms. The zero-order valence-corrected chi connectivity index (χ0v) is 10.2. The van der Waals surface area contributed by atoms with Crippen LogP contribution in [-0.2, 0) is 4.74 Å². The molecule has 0 amide bonds. The lowest BCUT2D eigenvalue weighted by Crippen LogP contribution is -2.33. The van der Waals surface area contributed by atoms with E-state index in [2.05, 4.69) is 18.0 Å². The quantitative estimate of drug-likeness (QED) is 0.800. The summed E-state index contributed by atoms with van der Waals surface area (Å²) < 4.78 is 5.72. The number of benzene rings is 1. The van der Waals surface area contributed by atoms with Gasteiger partial charge < -0.3 is 9.64 Å². The van der Waals surface area contributed by atoms with Crippen LogP contribution in [0.2, 0.25) is 0 Å². The second-order valence-corrected chi connectivity index (χ2v) is 4.53. The summed E-state index contributed by atoms with van der Waals surface area (Å²) in [5, 5.41) is 8.87. The molecule has 0 saturated carbocycles. The third-order valence-electron chi connectivity index (χ3n) is 3.17. The first-order valence-electron chi connectivity index (χ1n) is 6.12. The van der Waals surface area contributed by atoms with E-state index in [1.54, 1.807) is 0 Å². The molecule has 0 aliphatic carbocycles. The Bertz CT molecular complexity index is 405. The monoisotopic (exact) mass is 230 g/mol. The molecule has 3 heteroatoms. The number of anilines is 1. The number of hydrogen-bond acceptors (Lipinski definition) is 3. The molecule has 0 aromatic heterocycles. The van der Waals surface area contributed by atoms with Crippen LogP contribution < -0.4 is 4.90 Å². The van der Waals surface area contributed by atoms with Crippen LogP contribution in [0.4, 0.5) is 5.69 Å². The van der Waals surface area contributed by atoms with E-state index in [9.17, 15) is 0 Å². The van der Waals surface area contributed by atoms with E-state index in [1.165, 1.54) is 12.8 Å². The van der Waals surface area contributed by atoms with Gasteiger partial charge in [-0.3, -0.25) is 0 Å². The largest absolute Gasteiger partial charge is 0.376 e. The van der Waals surface area contributed by atoms with Gasteiger partial charge in [0.25, 0.3) is 0 Å². The number of nitrogens with zero attached hydrogens (tertiary/aromatic N) is 2. The Labute approximate surface area is 103 Å².